The highest BCUT2D eigenvalue weighted by atomic mass is 32.1. The van der Waals surface area contributed by atoms with Crippen LogP contribution in [0.2, 0.25) is 0 Å². The molecule has 0 aliphatic heterocycles. The van der Waals surface area contributed by atoms with E-state index in [0.717, 1.165) is 0 Å². The molecule has 64 valence electrons. The second-order valence-electron chi connectivity index (χ2n) is 2.05. The van der Waals surface area contributed by atoms with Crippen molar-refractivity contribution in [2.75, 3.05) is 13.1 Å². The summed E-state index contributed by atoms with van der Waals surface area (Å²) in [6.07, 6.45) is 0. The molecule has 0 rings (SSSR count). The molecule has 4 heteroatoms. The van der Waals surface area contributed by atoms with Crippen molar-refractivity contribution >= 4 is 18.7 Å². The first-order valence-electron chi connectivity index (χ1n) is 3.55. The number of carbonyl (C=O) groups excluding carboxylic acids is 1. The monoisotopic (exact) mass is 174 g/mol. The topological polar surface area (TPSA) is 32.3 Å². The molecule has 0 saturated heterocycles. The molecule has 0 aromatic rings. The first-order valence-corrected chi connectivity index (χ1v) is 4.00. The molecular formula is C7H14N2OS. The summed E-state index contributed by atoms with van der Waals surface area (Å²) in [5, 5.41) is 2.88. The zero-order valence-electron chi connectivity index (χ0n) is 6.92. The van der Waals surface area contributed by atoms with E-state index < -0.39 is 0 Å². The molecule has 0 aliphatic rings. The maximum atomic E-state index is 11.1. The molecule has 1 N–H and O–H groups in total. The molecule has 0 bridgehead atoms. The Morgan fingerprint density at radius 3 is 2.27 bits per heavy atom. The van der Waals surface area contributed by atoms with Crippen LogP contribution in [0, 0.1) is 0 Å². The third-order valence-electron chi connectivity index (χ3n) is 1.30. The molecule has 0 heterocycles. The fourth-order valence-electron chi connectivity index (χ4n) is 0.713. The Morgan fingerprint density at radius 2 is 2.00 bits per heavy atom. The lowest BCUT2D eigenvalue weighted by atomic mass is 10.5. The van der Waals surface area contributed by atoms with E-state index in [4.69, 9.17) is 0 Å². The normalized spacial score (nSPS) is 9.00. The molecule has 0 aromatic carbocycles. The Kier molecular flexibility index (Phi) is 4.77. The van der Waals surface area contributed by atoms with Crippen molar-refractivity contribution in [3.8, 4) is 0 Å². The van der Waals surface area contributed by atoms with Gasteiger partial charge >= 0.3 is 6.03 Å². The van der Waals surface area contributed by atoms with Gasteiger partial charge in [-0.1, -0.05) is 6.58 Å². The van der Waals surface area contributed by atoms with Crippen LogP contribution in [-0.4, -0.2) is 24.0 Å². The number of carbonyl (C=O) groups is 1. The summed E-state index contributed by atoms with van der Waals surface area (Å²) in [7, 11) is 0. The van der Waals surface area contributed by atoms with Crippen molar-refractivity contribution in [2.24, 2.45) is 0 Å². The number of hydrogen-bond acceptors (Lipinski definition) is 2. The smallest absolute Gasteiger partial charge is 0.322 e. The number of nitrogens with zero attached hydrogens (tertiary/aromatic N) is 1. The summed E-state index contributed by atoms with van der Waals surface area (Å²) in [6, 6.07) is -0.144. The number of amides is 2. The molecule has 2 amide bonds. The van der Waals surface area contributed by atoms with Gasteiger partial charge in [0.15, 0.2) is 0 Å². The molecule has 3 nitrogen and oxygen atoms in total. The van der Waals surface area contributed by atoms with Crippen LogP contribution < -0.4 is 5.32 Å². The molecule has 0 unspecified atom stereocenters. The van der Waals surface area contributed by atoms with E-state index in [1.807, 2.05) is 13.8 Å². The maximum Gasteiger partial charge on any atom is 0.322 e. The first kappa shape index (κ1) is 10.4. The van der Waals surface area contributed by atoms with Crippen LogP contribution in [0.25, 0.3) is 0 Å². The van der Waals surface area contributed by atoms with Gasteiger partial charge in [0.25, 0.3) is 0 Å². The second kappa shape index (κ2) is 5.07. The van der Waals surface area contributed by atoms with E-state index in [9.17, 15) is 4.79 Å². The van der Waals surface area contributed by atoms with E-state index in [2.05, 4.69) is 24.5 Å². The van der Waals surface area contributed by atoms with Gasteiger partial charge in [0, 0.05) is 13.1 Å². The van der Waals surface area contributed by atoms with Crippen LogP contribution in [0.4, 0.5) is 4.79 Å². The molecule has 0 radical (unpaired) electrons. The van der Waals surface area contributed by atoms with Gasteiger partial charge in [0.2, 0.25) is 0 Å². The van der Waals surface area contributed by atoms with Gasteiger partial charge in [-0.2, -0.15) is 0 Å². The second-order valence-corrected chi connectivity index (χ2v) is 2.59. The first-order chi connectivity index (χ1) is 5.11. The average molecular weight is 174 g/mol. The van der Waals surface area contributed by atoms with Crippen LogP contribution in [0.15, 0.2) is 11.6 Å². The highest BCUT2D eigenvalue weighted by Crippen LogP contribution is 1.93. The van der Waals surface area contributed by atoms with Gasteiger partial charge in [-0.3, -0.25) is 0 Å². The van der Waals surface area contributed by atoms with E-state index in [-0.39, 0.29) is 6.03 Å². The Morgan fingerprint density at radius 1 is 1.55 bits per heavy atom. The lowest BCUT2D eigenvalue weighted by Gasteiger charge is -2.18. The Hall–Kier alpha value is -0.640. The average Bonchev–Trinajstić information content (AvgIpc) is 1.88. The summed E-state index contributed by atoms with van der Waals surface area (Å²) in [5.41, 5.74) is 0. The zero-order valence-corrected chi connectivity index (χ0v) is 7.82. The van der Waals surface area contributed by atoms with Gasteiger partial charge < -0.3 is 10.2 Å². The summed E-state index contributed by atoms with van der Waals surface area (Å²) in [6.45, 7) is 8.69. The predicted octanol–water partition coefficient (Wildman–Crippen LogP) is 1.44. The van der Waals surface area contributed by atoms with Crippen LogP contribution in [0.3, 0.4) is 0 Å². The van der Waals surface area contributed by atoms with Crippen LogP contribution >= 0.6 is 12.6 Å². The quantitative estimate of drug-likeness (QED) is 0.623. The van der Waals surface area contributed by atoms with E-state index in [1.165, 1.54) is 0 Å². The largest absolute Gasteiger partial charge is 0.325 e. The minimum atomic E-state index is -0.144. The van der Waals surface area contributed by atoms with Gasteiger partial charge in [-0.25, -0.2) is 4.79 Å². The molecule has 0 spiro atoms. The van der Waals surface area contributed by atoms with E-state index in [1.54, 1.807) is 4.90 Å². The van der Waals surface area contributed by atoms with Crippen molar-refractivity contribution in [1.82, 2.24) is 10.2 Å². The van der Waals surface area contributed by atoms with Crippen molar-refractivity contribution in [1.29, 1.82) is 0 Å². The van der Waals surface area contributed by atoms with Crippen molar-refractivity contribution < 1.29 is 4.79 Å². The number of nitrogens with one attached hydrogen (secondary N) is 1. The minimum Gasteiger partial charge on any atom is -0.325 e. The Balaban J connectivity index is 3.89. The van der Waals surface area contributed by atoms with Gasteiger partial charge in [-0.05, 0) is 13.8 Å². The number of hydrogen-bond donors (Lipinski definition) is 2. The number of urea groups is 1. The van der Waals surface area contributed by atoms with Crippen LogP contribution in [-0.2, 0) is 0 Å². The minimum absolute atomic E-state index is 0.144. The summed E-state index contributed by atoms with van der Waals surface area (Å²) >= 11 is 3.86. The molecule has 0 aliphatic carbocycles. The van der Waals surface area contributed by atoms with Crippen molar-refractivity contribution in [3.05, 3.63) is 11.6 Å². The molecule has 11 heavy (non-hydrogen) atoms. The highest BCUT2D eigenvalue weighted by molar-refractivity contribution is 7.84. The predicted molar refractivity (Wildman–Crippen MR) is 49.6 cm³/mol. The molecular weight excluding hydrogens is 160 g/mol. The third-order valence-corrected chi connectivity index (χ3v) is 1.41. The molecule has 0 atom stereocenters. The highest BCUT2D eigenvalue weighted by Gasteiger charge is 2.07. The number of rotatable bonds is 3. The number of thiol groups is 1. The lowest BCUT2D eigenvalue weighted by molar-refractivity contribution is 0.207. The standard InChI is InChI=1S/C7H14N2OS/c1-4-9(5-2)7(10)8-6(3)11/h11H,3-5H2,1-2H3,(H,8,10). The van der Waals surface area contributed by atoms with Crippen LogP contribution in [0.5, 0.6) is 0 Å². The fraction of sp³-hybridized carbons (Fsp3) is 0.571. The molecule has 0 fully saturated rings. The van der Waals surface area contributed by atoms with Crippen molar-refractivity contribution in [3.63, 3.8) is 0 Å². The summed E-state index contributed by atoms with van der Waals surface area (Å²) in [4.78, 5) is 12.8. The Labute approximate surface area is 72.9 Å². The van der Waals surface area contributed by atoms with E-state index >= 15 is 0 Å². The fourth-order valence-corrected chi connectivity index (χ4v) is 0.809. The maximum absolute atomic E-state index is 11.1. The summed E-state index contributed by atoms with van der Waals surface area (Å²) < 4.78 is 0. The van der Waals surface area contributed by atoms with Crippen molar-refractivity contribution in [2.45, 2.75) is 13.8 Å². The zero-order chi connectivity index (χ0) is 8.85. The van der Waals surface area contributed by atoms with Crippen LogP contribution in [0.1, 0.15) is 13.8 Å². The lowest BCUT2D eigenvalue weighted by Crippen LogP contribution is -2.38. The SMILES string of the molecule is C=C(S)NC(=O)N(CC)CC. The summed E-state index contributed by atoms with van der Waals surface area (Å²) in [5.74, 6) is 0. The van der Waals surface area contributed by atoms with Gasteiger partial charge in [0.05, 0.1) is 5.03 Å². The van der Waals surface area contributed by atoms with Gasteiger partial charge in [-0.15, -0.1) is 12.6 Å². The molecule has 0 aromatic heterocycles. The van der Waals surface area contributed by atoms with E-state index in [0.29, 0.717) is 18.1 Å². The molecule has 0 saturated carbocycles. The third kappa shape index (κ3) is 3.93. The van der Waals surface area contributed by atoms with Gasteiger partial charge in [0.1, 0.15) is 0 Å². The Bertz CT molecular complexity index is 155.